The molecule has 1 saturated carbocycles. The molecular formula is C25H22ClFN4O. The van der Waals surface area contributed by atoms with Gasteiger partial charge in [-0.15, -0.1) is 0 Å². The molecular weight excluding hydrogens is 427 g/mol. The van der Waals surface area contributed by atoms with E-state index < -0.39 is 0 Å². The predicted molar refractivity (Wildman–Crippen MR) is 122 cm³/mol. The molecule has 1 aliphatic heterocycles. The molecule has 2 aromatic heterocycles. The second-order valence-electron chi connectivity index (χ2n) is 8.59. The van der Waals surface area contributed by atoms with Crippen LogP contribution in [0.5, 0.6) is 5.75 Å². The van der Waals surface area contributed by atoms with Crippen LogP contribution in [0.4, 0.5) is 4.39 Å². The van der Waals surface area contributed by atoms with E-state index in [1.54, 1.807) is 6.07 Å². The Hall–Kier alpha value is -2.96. The molecule has 0 spiro atoms. The molecule has 6 rings (SSSR count). The van der Waals surface area contributed by atoms with Gasteiger partial charge >= 0.3 is 0 Å². The van der Waals surface area contributed by atoms with Crippen molar-refractivity contribution in [1.29, 1.82) is 0 Å². The van der Waals surface area contributed by atoms with Crippen LogP contribution in [0.25, 0.3) is 16.6 Å². The van der Waals surface area contributed by atoms with E-state index in [0.717, 1.165) is 52.4 Å². The summed E-state index contributed by atoms with van der Waals surface area (Å²) in [4.78, 5) is 11.4. The zero-order valence-electron chi connectivity index (χ0n) is 17.5. The maximum Gasteiger partial charge on any atom is 0.142 e. The molecule has 3 heterocycles. The molecule has 0 radical (unpaired) electrons. The molecule has 4 aromatic rings. The fourth-order valence-electron chi connectivity index (χ4n) is 4.38. The third-order valence-electron chi connectivity index (χ3n) is 6.16. The van der Waals surface area contributed by atoms with Crippen LogP contribution in [0, 0.1) is 5.82 Å². The number of rotatable bonds is 4. The normalized spacial score (nSPS) is 16.6. The van der Waals surface area contributed by atoms with Crippen molar-refractivity contribution < 1.29 is 9.13 Å². The van der Waals surface area contributed by atoms with E-state index in [4.69, 9.17) is 16.3 Å². The minimum Gasteiger partial charge on any atom is -0.490 e. The quantitative estimate of drug-likeness (QED) is 0.414. The summed E-state index contributed by atoms with van der Waals surface area (Å²) in [5.74, 6) is 2.02. The topological polar surface area (TPSA) is 43.2 Å². The number of halogens is 2. The second-order valence-corrected chi connectivity index (χ2v) is 8.99. The van der Waals surface area contributed by atoms with Gasteiger partial charge in [0.25, 0.3) is 0 Å². The molecule has 5 nitrogen and oxygen atoms in total. The first-order valence-electron chi connectivity index (χ1n) is 10.9. The lowest BCUT2D eigenvalue weighted by atomic mass is 10.1. The number of fused-ring (bicyclic) bond motifs is 2. The Balaban J connectivity index is 1.29. The molecule has 32 heavy (non-hydrogen) atoms. The highest BCUT2D eigenvalue weighted by atomic mass is 35.5. The van der Waals surface area contributed by atoms with E-state index in [1.807, 2.05) is 35.3 Å². The Labute approximate surface area is 190 Å². The highest BCUT2D eigenvalue weighted by molar-refractivity contribution is 6.32. The summed E-state index contributed by atoms with van der Waals surface area (Å²) >= 11 is 6.64. The van der Waals surface area contributed by atoms with Crippen molar-refractivity contribution in [2.75, 3.05) is 13.2 Å². The molecule has 2 aromatic carbocycles. The minimum atomic E-state index is -0.242. The van der Waals surface area contributed by atoms with E-state index in [2.05, 4.69) is 20.9 Å². The van der Waals surface area contributed by atoms with Gasteiger partial charge in [-0.05, 0) is 49.2 Å². The number of benzene rings is 2. The molecule has 0 saturated heterocycles. The van der Waals surface area contributed by atoms with E-state index in [0.29, 0.717) is 24.1 Å². The zero-order chi connectivity index (χ0) is 21.7. The molecule has 7 heteroatoms. The largest absolute Gasteiger partial charge is 0.490 e. The Kier molecular flexibility index (Phi) is 4.85. The van der Waals surface area contributed by atoms with Crippen LogP contribution in [-0.2, 0) is 13.1 Å². The van der Waals surface area contributed by atoms with Crippen LogP contribution < -0.4 is 4.74 Å². The van der Waals surface area contributed by atoms with Crippen LogP contribution in [0.1, 0.15) is 35.7 Å². The van der Waals surface area contributed by atoms with Crippen LogP contribution in [0.3, 0.4) is 0 Å². The monoisotopic (exact) mass is 448 g/mol. The summed E-state index contributed by atoms with van der Waals surface area (Å²) in [6.45, 7) is 2.82. The molecule has 0 unspecified atom stereocenters. The van der Waals surface area contributed by atoms with Gasteiger partial charge in [0.05, 0.1) is 10.5 Å². The lowest BCUT2D eigenvalue weighted by molar-refractivity contribution is 0.219. The maximum atomic E-state index is 13.6. The van der Waals surface area contributed by atoms with Gasteiger partial charge in [-0.3, -0.25) is 4.90 Å². The van der Waals surface area contributed by atoms with Crippen LogP contribution in [0.2, 0.25) is 5.02 Å². The van der Waals surface area contributed by atoms with Crippen molar-refractivity contribution in [2.45, 2.75) is 31.8 Å². The Morgan fingerprint density at radius 1 is 1.09 bits per heavy atom. The lowest BCUT2D eigenvalue weighted by Crippen LogP contribution is -2.25. The third-order valence-corrected chi connectivity index (χ3v) is 6.44. The minimum absolute atomic E-state index is 0.242. The van der Waals surface area contributed by atoms with E-state index in [-0.39, 0.29) is 5.82 Å². The Bertz CT molecular complexity index is 1300. The van der Waals surface area contributed by atoms with Gasteiger partial charge < -0.3 is 9.30 Å². The van der Waals surface area contributed by atoms with Crippen molar-refractivity contribution in [3.8, 4) is 11.4 Å². The lowest BCUT2D eigenvalue weighted by Gasteiger charge is -2.19. The van der Waals surface area contributed by atoms with Crippen LogP contribution in [-0.4, -0.2) is 32.6 Å². The average Bonchev–Trinajstić information content (AvgIpc) is 3.58. The molecule has 0 bridgehead atoms. The standard InChI is InChI=1S/C25H22ClFN4O/c26-22-11-21(31-6-5-18-9-20(27)3-4-23(18)31)10-19-15-30(7-8-32-24(19)22)14-16-12-28-25(29-13-16)17-1-2-17/h3-6,9-13,17H,1-2,7-8,14-15H2. The average molecular weight is 449 g/mol. The van der Waals surface area contributed by atoms with Gasteiger partial charge in [0, 0.05) is 66.3 Å². The van der Waals surface area contributed by atoms with Gasteiger partial charge in [0.2, 0.25) is 0 Å². The number of hydrogen-bond acceptors (Lipinski definition) is 4. The first-order valence-corrected chi connectivity index (χ1v) is 11.3. The summed E-state index contributed by atoms with van der Waals surface area (Å²) in [7, 11) is 0. The molecule has 2 aliphatic rings. The molecule has 0 atom stereocenters. The Morgan fingerprint density at radius 3 is 2.75 bits per heavy atom. The molecule has 162 valence electrons. The molecule has 0 N–H and O–H groups in total. The highest BCUT2D eigenvalue weighted by Gasteiger charge is 2.26. The number of aromatic nitrogens is 3. The summed E-state index contributed by atoms with van der Waals surface area (Å²) in [5.41, 5.74) is 3.99. The smallest absolute Gasteiger partial charge is 0.142 e. The fraction of sp³-hybridized carbons (Fsp3) is 0.280. The number of ether oxygens (including phenoxy) is 1. The number of hydrogen-bond donors (Lipinski definition) is 0. The summed E-state index contributed by atoms with van der Waals surface area (Å²) in [6.07, 6.45) is 8.24. The first kappa shape index (κ1) is 19.7. The first-order chi connectivity index (χ1) is 15.6. The van der Waals surface area contributed by atoms with Gasteiger partial charge in [0.15, 0.2) is 0 Å². The Morgan fingerprint density at radius 2 is 1.94 bits per heavy atom. The highest BCUT2D eigenvalue weighted by Crippen LogP contribution is 2.38. The predicted octanol–water partition coefficient (Wildman–Crippen LogP) is 5.49. The SMILES string of the molecule is Fc1ccc2c(ccn2-c2cc(Cl)c3c(c2)CN(Cc2cnc(C4CC4)nc2)CCO3)c1. The van der Waals surface area contributed by atoms with Gasteiger partial charge in [-0.1, -0.05) is 11.6 Å². The van der Waals surface area contributed by atoms with Crippen molar-refractivity contribution in [3.63, 3.8) is 0 Å². The zero-order valence-corrected chi connectivity index (χ0v) is 18.2. The van der Waals surface area contributed by atoms with E-state index >= 15 is 0 Å². The van der Waals surface area contributed by atoms with Crippen molar-refractivity contribution >= 4 is 22.5 Å². The van der Waals surface area contributed by atoms with E-state index in [9.17, 15) is 4.39 Å². The van der Waals surface area contributed by atoms with Crippen LogP contribution >= 0.6 is 11.6 Å². The third kappa shape index (κ3) is 3.74. The van der Waals surface area contributed by atoms with Gasteiger partial charge in [0.1, 0.15) is 24.0 Å². The molecule has 1 fully saturated rings. The van der Waals surface area contributed by atoms with Gasteiger partial charge in [-0.2, -0.15) is 0 Å². The summed E-state index contributed by atoms with van der Waals surface area (Å²) < 4.78 is 21.7. The van der Waals surface area contributed by atoms with E-state index in [1.165, 1.54) is 25.0 Å². The summed E-state index contributed by atoms with van der Waals surface area (Å²) in [6, 6.07) is 10.7. The summed E-state index contributed by atoms with van der Waals surface area (Å²) in [5, 5.41) is 1.43. The second kappa shape index (κ2) is 7.87. The van der Waals surface area contributed by atoms with Crippen molar-refractivity contribution in [3.05, 3.63) is 82.8 Å². The molecule has 0 amide bonds. The molecule has 1 aliphatic carbocycles. The fourth-order valence-corrected chi connectivity index (χ4v) is 4.67. The van der Waals surface area contributed by atoms with Crippen molar-refractivity contribution in [2.24, 2.45) is 0 Å². The van der Waals surface area contributed by atoms with Crippen LogP contribution in [0.15, 0.2) is 55.0 Å². The van der Waals surface area contributed by atoms with Crippen molar-refractivity contribution in [1.82, 2.24) is 19.4 Å². The number of nitrogens with zero attached hydrogens (tertiary/aromatic N) is 4. The maximum absolute atomic E-state index is 13.6. The van der Waals surface area contributed by atoms with Gasteiger partial charge in [-0.25, -0.2) is 14.4 Å².